The fourth-order valence-corrected chi connectivity index (χ4v) is 3.42. The maximum Gasteiger partial charge on any atom is 0.244 e. The maximum atomic E-state index is 12.4. The van der Waals surface area contributed by atoms with Crippen LogP contribution in [0.15, 0.2) is 28.8 Å². The van der Waals surface area contributed by atoms with E-state index in [0.29, 0.717) is 24.8 Å². The number of aliphatic imine (C=N–C) groups is 1. The van der Waals surface area contributed by atoms with E-state index in [2.05, 4.69) is 18.5 Å². The SMILES string of the molecule is C=C/C(=C\N=C(C)N)S(=O)(=O)N1CCC[C@@H](C)C1. The van der Waals surface area contributed by atoms with Crippen molar-refractivity contribution in [3.05, 3.63) is 23.8 Å². The number of allylic oxidation sites excluding steroid dienone is 1. The summed E-state index contributed by atoms with van der Waals surface area (Å²) in [6.07, 6.45) is 4.53. The first-order valence-corrected chi connectivity index (χ1v) is 7.44. The van der Waals surface area contributed by atoms with Gasteiger partial charge in [-0.2, -0.15) is 4.31 Å². The van der Waals surface area contributed by atoms with E-state index in [-0.39, 0.29) is 4.91 Å². The molecule has 102 valence electrons. The van der Waals surface area contributed by atoms with Gasteiger partial charge in [-0.1, -0.05) is 13.5 Å². The molecule has 0 aromatic heterocycles. The van der Waals surface area contributed by atoms with Gasteiger partial charge in [0.2, 0.25) is 10.0 Å². The lowest BCUT2D eigenvalue weighted by Crippen LogP contribution is -2.39. The summed E-state index contributed by atoms with van der Waals surface area (Å²) in [5.74, 6) is 0.705. The number of sulfonamides is 1. The topological polar surface area (TPSA) is 75.8 Å². The van der Waals surface area contributed by atoms with E-state index >= 15 is 0 Å². The molecule has 1 saturated heterocycles. The van der Waals surface area contributed by atoms with Crippen LogP contribution in [0.2, 0.25) is 0 Å². The van der Waals surface area contributed by atoms with Crippen molar-refractivity contribution in [2.45, 2.75) is 26.7 Å². The third-order valence-electron chi connectivity index (χ3n) is 2.85. The molecule has 5 nitrogen and oxygen atoms in total. The molecule has 1 fully saturated rings. The molecule has 0 aliphatic carbocycles. The molecule has 1 aliphatic heterocycles. The molecule has 1 rings (SSSR count). The molecular weight excluding hydrogens is 250 g/mol. The summed E-state index contributed by atoms with van der Waals surface area (Å²) >= 11 is 0. The van der Waals surface area contributed by atoms with E-state index in [1.165, 1.54) is 16.6 Å². The molecule has 18 heavy (non-hydrogen) atoms. The Kier molecular flexibility index (Phi) is 5.10. The number of hydrogen-bond acceptors (Lipinski definition) is 3. The summed E-state index contributed by atoms with van der Waals surface area (Å²) in [4.78, 5) is 3.93. The number of piperidine rings is 1. The summed E-state index contributed by atoms with van der Waals surface area (Å²) < 4.78 is 26.2. The Balaban J connectivity index is 2.99. The van der Waals surface area contributed by atoms with Crippen LogP contribution in [0.5, 0.6) is 0 Å². The van der Waals surface area contributed by atoms with Gasteiger partial charge in [0, 0.05) is 19.3 Å². The zero-order chi connectivity index (χ0) is 13.8. The average molecular weight is 271 g/mol. The molecule has 1 heterocycles. The summed E-state index contributed by atoms with van der Waals surface area (Å²) in [7, 11) is -3.49. The van der Waals surface area contributed by atoms with Crippen LogP contribution >= 0.6 is 0 Å². The molecule has 6 heteroatoms. The summed E-state index contributed by atoms with van der Waals surface area (Å²) in [5, 5.41) is 0. The molecule has 0 bridgehead atoms. The zero-order valence-electron chi connectivity index (χ0n) is 11.0. The van der Waals surface area contributed by atoms with Crippen LogP contribution in [0, 0.1) is 5.92 Å². The van der Waals surface area contributed by atoms with Gasteiger partial charge in [0.15, 0.2) is 0 Å². The van der Waals surface area contributed by atoms with Crippen LogP contribution in [0.25, 0.3) is 0 Å². The standard InChI is InChI=1S/C12H21N3O2S/c1-4-12(8-14-11(3)13)18(16,17)15-7-5-6-10(2)9-15/h4,8,10H,1,5-7,9H2,2-3H3,(H2,13,14)/b12-8+/t10-/m1/s1. The number of hydrogen-bond donors (Lipinski definition) is 1. The Labute approximate surface area is 109 Å². The fourth-order valence-electron chi connectivity index (χ4n) is 1.90. The number of amidine groups is 1. The molecule has 1 atom stereocenters. The fraction of sp³-hybridized carbons (Fsp3) is 0.583. The first-order chi connectivity index (χ1) is 8.37. The average Bonchev–Trinajstić information content (AvgIpc) is 2.29. The molecule has 0 spiro atoms. The highest BCUT2D eigenvalue weighted by Crippen LogP contribution is 2.22. The molecule has 0 radical (unpaired) electrons. The summed E-state index contributed by atoms with van der Waals surface area (Å²) in [5.41, 5.74) is 5.40. The van der Waals surface area contributed by atoms with Crippen molar-refractivity contribution in [3.8, 4) is 0 Å². The number of rotatable bonds is 4. The molecular formula is C12H21N3O2S. The second-order valence-electron chi connectivity index (χ2n) is 4.62. The second kappa shape index (κ2) is 6.15. The van der Waals surface area contributed by atoms with E-state index in [4.69, 9.17) is 5.73 Å². The van der Waals surface area contributed by atoms with Gasteiger partial charge in [0.05, 0.1) is 10.7 Å². The molecule has 0 aromatic carbocycles. The normalized spacial score (nSPS) is 24.0. The summed E-state index contributed by atoms with van der Waals surface area (Å²) in [6.45, 7) is 8.31. The smallest absolute Gasteiger partial charge is 0.244 e. The lowest BCUT2D eigenvalue weighted by Gasteiger charge is -2.30. The van der Waals surface area contributed by atoms with Gasteiger partial charge in [-0.05, 0) is 31.8 Å². The third-order valence-corrected chi connectivity index (χ3v) is 4.73. The van der Waals surface area contributed by atoms with Crippen molar-refractivity contribution < 1.29 is 8.42 Å². The van der Waals surface area contributed by atoms with Gasteiger partial charge in [0.1, 0.15) is 0 Å². The lowest BCUT2D eigenvalue weighted by atomic mass is 10.0. The van der Waals surface area contributed by atoms with Crippen molar-refractivity contribution in [3.63, 3.8) is 0 Å². The molecule has 0 saturated carbocycles. The first kappa shape index (κ1) is 14.9. The Bertz CT molecular complexity index is 462. The van der Waals surface area contributed by atoms with E-state index in [1.807, 2.05) is 0 Å². The van der Waals surface area contributed by atoms with Crippen LogP contribution in [-0.2, 0) is 10.0 Å². The Morgan fingerprint density at radius 1 is 1.56 bits per heavy atom. The van der Waals surface area contributed by atoms with E-state index in [1.54, 1.807) is 6.92 Å². The van der Waals surface area contributed by atoms with Crippen molar-refractivity contribution in [1.82, 2.24) is 4.31 Å². The maximum absolute atomic E-state index is 12.4. The minimum atomic E-state index is -3.49. The molecule has 2 N–H and O–H groups in total. The highest BCUT2D eigenvalue weighted by molar-refractivity contribution is 7.93. The molecule has 0 aromatic rings. The third kappa shape index (κ3) is 3.68. The minimum Gasteiger partial charge on any atom is -0.387 e. The van der Waals surface area contributed by atoms with Crippen LogP contribution < -0.4 is 5.73 Å². The van der Waals surface area contributed by atoms with Gasteiger partial charge < -0.3 is 5.73 Å². The molecule has 0 unspecified atom stereocenters. The predicted octanol–water partition coefficient (Wildman–Crippen LogP) is 1.45. The van der Waals surface area contributed by atoms with Crippen molar-refractivity contribution in [2.75, 3.05) is 13.1 Å². The Morgan fingerprint density at radius 3 is 2.72 bits per heavy atom. The van der Waals surface area contributed by atoms with Crippen LogP contribution in [0.1, 0.15) is 26.7 Å². The predicted molar refractivity (Wildman–Crippen MR) is 74.5 cm³/mol. The van der Waals surface area contributed by atoms with Crippen molar-refractivity contribution in [1.29, 1.82) is 0 Å². The van der Waals surface area contributed by atoms with Crippen molar-refractivity contribution >= 4 is 15.9 Å². The Hall–Kier alpha value is -1.14. The molecule has 1 aliphatic rings. The van der Waals surface area contributed by atoms with Gasteiger partial charge in [-0.15, -0.1) is 0 Å². The number of nitrogens with zero attached hydrogens (tertiary/aromatic N) is 2. The van der Waals surface area contributed by atoms with E-state index < -0.39 is 10.0 Å². The van der Waals surface area contributed by atoms with Gasteiger partial charge in [-0.3, -0.25) is 0 Å². The van der Waals surface area contributed by atoms with Crippen LogP contribution in [-0.4, -0.2) is 31.6 Å². The summed E-state index contributed by atoms with van der Waals surface area (Å²) in [6, 6.07) is 0. The highest BCUT2D eigenvalue weighted by atomic mass is 32.2. The van der Waals surface area contributed by atoms with Gasteiger partial charge in [-0.25, -0.2) is 13.4 Å². The highest BCUT2D eigenvalue weighted by Gasteiger charge is 2.29. The largest absolute Gasteiger partial charge is 0.387 e. The van der Waals surface area contributed by atoms with Gasteiger partial charge in [0.25, 0.3) is 0 Å². The minimum absolute atomic E-state index is 0.0985. The quantitative estimate of drug-likeness (QED) is 0.478. The van der Waals surface area contributed by atoms with Crippen LogP contribution in [0.3, 0.4) is 0 Å². The molecule has 0 amide bonds. The second-order valence-corrected chi connectivity index (χ2v) is 6.55. The van der Waals surface area contributed by atoms with Crippen molar-refractivity contribution in [2.24, 2.45) is 16.6 Å². The lowest BCUT2D eigenvalue weighted by molar-refractivity contribution is 0.283. The van der Waals surface area contributed by atoms with Crippen LogP contribution in [0.4, 0.5) is 0 Å². The van der Waals surface area contributed by atoms with E-state index in [0.717, 1.165) is 12.8 Å². The first-order valence-electron chi connectivity index (χ1n) is 6.00. The number of nitrogens with two attached hydrogens (primary N) is 1. The zero-order valence-corrected chi connectivity index (χ0v) is 11.8. The monoisotopic (exact) mass is 271 g/mol. The van der Waals surface area contributed by atoms with E-state index in [9.17, 15) is 8.42 Å². The van der Waals surface area contributed by atoms with Gasteiger partial charge >= 0.3 is 0 Å². The Morgan fingerprint density at radius 2 is 2.22 bits per heavy atom.